The van der Waals surface area contributed by atoms with Crippen molar-refractivity contribution in [3.8, 4) is 5.75 Å². The van der Waals surface area contributed by atoms with Gasteiger partial charge in [-0.25, -0.2) is 0 Å². The molecular weight excluding hydrogens is 363 g/mol. The van der Waals surface area contributed by atoms with Crippen molar-refractivity contribution in [1.29, 1.82) is 0 Å². The molecule has 0 spiro atoms. The van der Waals surface area contributed by atoms with Gasteiger partial charge in [-0.2, -0.15) is 0 Å². The van der Waals surface area contributed by atoms with Crippen LogP contribution in [0.5, 0.6) is 5.75 Å². The first kappa shape index (κ1) is 16.8. The number of aryl methyl sites for hydroxylation is 1. The van der Waals surface area contributed by atoms with Crippen LogP contribution >= 0.6 is 22.6 Å². The molecule has 0 aliphatic carbocycles. The maximum Gasteiger partial charge on any atom is 0.119 e. The molecule has 1 rings (SSSR count). The van der Waals surface area contributed by atoms with Crippen LogP contribution in [0, 0.1) is 3.57 Å². The van der Waals surface area contributed by atoms with Crippen molar-refractivity contribution in [3.63, 3.8) is 0 Å². The van der Waals surface area contributed by atoms with Crippen molar-refractivity contribution in [1.82, 2.24) is 0 Å². The van der Waals surface area contributed by atoms with Crippen molar-refractivity contribution >= 4 is 30.7 Å². The molecule has 106 valence electrons. The molecule has 19 heavy (non-hydrogen) atoms. The minimum absolute atomic E-state index is 0.907. The Morgan fingerprint density at radius 2 is 1.95 bits per heavy atom. The molecule has 0 radical (unpaired) electrons. The Bertz CT molecular complexity index is 421. The monoisotopic (exact) mass is 388 g/mol. The first-order valence-electron chi connectivity index (χ1n) is 6.90. The molecule has 0 fully saturated rings. The van der Waals surface area contributed by atoms with Crippen LogP contribution in [0.25, 0.3) is 0 Å². The van der Waals surface area contributed by atoms with Crippen LogP contribution in [-0.2, 0) is 6.42 Å². The van der Waals surface area contributed by atoms with E-state index in [2.05, 4.69) is 66.5 Å². The number of methoxy groups -OCH3 is 1. The van der Waals surface area contributed by atoms with E-state index in [1.54, 1.807) is 7.11 Å². The molecule has 0 bridgehead atoms. The lowest BCUT2D eigenvalue weighted by Crippen LogP contribution is -2.17. The second-order valence-corrected chi connectivity index (χ2v) is 12.8. The summed E-state index contributed by atoms with van der Waals surface area (Å²) in [5.41, 5.74) is 1.40. The van der Waals surface area contributed by atoms with Crippen LogP contribution in [0.15, 0.2) is 30.4 Å². The molecule has 1 aromatic carbocycles. The summed E-state index contributed by atoms with van der Waals surface area (Å²) in [7, 11) is 0.820. The van der Waals surface area contributed by atoms with Crippen LogP contribution in [0.4, 0.5) is 0 Å². The predicted octanol–water partition coefficient (Wildman–Crippen LogP) is 5.52. The van der Waals surface area contributed by atoms with Gasteiger partial charge in [0.15, 0.2) is 0 Å². The smallest absolute Gasteiger partial charge is 0.119 e. The summed E-state index contributed by atoms with van der Waals surface area (Å²) in [5.74, 6) is 0.963. The fraction of sp³-hybridized carbons (Fsp3) is 0.500. The summed E-state index contributed by atoms with van der Waals surface area (Å²) in [5, 5.41) is 0. The third-order valence-corrected chi connectivity index (χ3v) is 5.48. The van der Waals surface area contributed by atoms with Crippen LogP contribution in [0.2, 0.25) is 25.7 Å². The van der Waals surface area contributed by atoms with Gasteiger partial charge in [0, 0.05) is 11.6 Å². The van der Waals surface area contributed by atoms with E-state index in [4.69, 9.17) is 4.74 Å². The van der Waals surface area contributed by atoms with Crippen molar-refractivity contribution in [2.45, 2.75) is 44.9 Å². The summed E-state index contributed by atoms with van der Waals surface area (Å²) in [4.78, 5) is 0. The Morgan fingerprint density at radius 3 is 2.58 bits per heavy atom. The second kappa shape index (κ2) is 8.10. The maximum absolute atomic E-state index is 5.28. The molecule has 0 N–H and O–H groups in total. The molecule has 0 heterocycles. The van der Waals surface area contributed by atoms with Gasteiger partial charge < -0.3 is 4.74 Å². The highest BCUT2D eigenvalue weighted by molar-refractivity contribution is 14.1. The van der Waals surface area contributed by atoms with Crippen LogP contribution in [-0.4, -0.2) is 15.2 Å². The molecule has 3 heteroatoms. The predicted molar refractivity (Wildman–Crippen MR) is 95.9 cm³/mol. The number of rotatable bonds is 7. The quantitative estimate of drug-likeness (QED) is 0.259. The Hall–Kier alpha value is -0.293. The second-order valence-electron chi connectivity index (χ2n) is 6.09. The molecule has 0 aliphatic heterocycles. The van der Waals surface area contributed by atoms with E-state index in [0.29, 0.717) is 0 Å². The van der Waals surface area contributed by atoms with Gasteiger partial charge in [-0.1, -0.05) is 31.8 Å². The summed E-state index contributed by atoms with van der Waals surface area (Å²) < 4.78 is 6.62. The molecule has 0 unspecified atom stereocenters. The number of ether oxygens (including phenoxy) is 1. The maximum atomic E-state index is 5.28. The first-order valence-corrected chi connectivity index (χ1v) is 11.7. The zero-order valence-electron chi connectivity index (χ0n) is 12.5. The average molecular weight is 388 g/mol. The Kier molecular flexibility index (Phi) is 7.14. The Labute approximate surface area is 132 Å². The zero-order valence-corrected chi connectivity index (χ0v) is 15.7. The summed E-state index contributed by atoms with van der Waals surface area (Å²) >= 11 is 2.40. The fourth-order valence-electron chi connectivity index (χ4n) is 1.83. The van der Waals surface area contributed by atoms with E-state index in [1.807, 2.05) is 6.07 Å². The van der Waals surface area contributed by atoms with Crippen LogP contribution in [0.3, 0.4) is 0 Å². The molecule has 0 aliphatic rings. The molecule has 0 saturated carbocycles. The molecule has 0 saturated heterocycles. The van der Waals surface area contributed by atoms with E-state index in [1.165, 1.54) is 28.0 Å². The standard InChI is InChI=1S/C16H25IOSi/c1-18-15-10-11-16(17)14(13-15)9-7-5-6-8-12-19(2,3)4/h6,8,10-11,13H,5,7,9,12H2,1-4H3/b8-6-. The van der Waals surface area contributed by atoms with Gasteiger partial charge >= 0.3 is 0 Å². The average Bonchev–Trinajstić information content (AvgIpc) is 2.34. The van der Waals surface area contributed by atoms with Gasteiger partial charge in [-0.15, -0.1) is 0 Å². The lowest BCUT2D eigenvalue weighted by Gasteiger charge is -2.11. The molecule has 0 atom stereocenters. The van der Waals surface area contributed by atoms with E-state index in [0.717, 1.165) is 12.2 Å². The fourth-order valence-corrected chi connectivity index (χ4v) is 3.31. The number of allylic oxidation sites excluding steroid dienone is 2. The van der Waals surface area contributed by atoms with Gasteiger partial charge in [0.2, 0.25) is 0 Å². The molecular formula is C16H25IOSi. The molecule has 0 aromatic heterocycles. The lowest BCUT2D eigenvalue weighted by molar-refractivity contribution is 0.414. The minimum atomic E-state index is -0.907. The first-order chi connectivity index (χ1) is 8.92. The third-order valence-electron chi connectivity index (χ3n) is 2.97. The minimum Gasteiger partial charge on any atom is -0.497 e. The number of hydrogen-bond acceptors (Lipinski definition) is 1. The highest BCUT2D eigenvalue weighted by atomic mass is 127. The van der Waals surface area contributed by atoms with E-state index in [-0.39, 0.29) is 0 Å². The van der Waals surface area contributed by atoms with Crippen LogP contribution < -0.4 is 4.74 Å². The molecule has 1 aromatic rings. The summed E-state index contributed by atoms with van der Waals surface area (Å²) in [6.45, 7) is 7.24. The van der Waals surface area contributed by atoms with Crippen molar-refractivity contribution in [3.05, 3.63) is 39.5 Å². The van der Waals surface area contributed by atoms with Gasteiger partial charge in [-0.05, 0) is 71.7 Å². The highest BCUT2D eigenvalue weighted by Gasteiger charge is 2.09. The normalized spacial score (nSPS) is 12.1. The number of benzene rings is 1. The lowest BCUT2D eigenvalue weighted by atomic mass is 10.1. The Morgan fingerprint density at radius 1 is 1.21 bits per heavy atom. The van der Waals surface area contributed by atoms with Gasteiger partial charge in [-0.3, -0.25) is 0 Å². The largest absolute Gasteiger partial charge is 0.497 e. The third kappa shape index (κ3) is 7.16. The van der Waals surface area contributed by atoms with Crippen LogP contribution in [0.1, 0.15) is 18.4 Å². The highest BCUT2D eigenvalue weighted by Crippen LogP contribution is 2.21. The summed E-state index contributed by atoms with van der Waals surface area (Å²) in [6, 6.07) is 7.62. The topological polar surface area (TPSA) is 9.23 Å². The van der Waals surface area contributed by atoms with E-state index >= 15 is 0 Å². The SMILES string of the molecule is COc1ccc(I)c(CCC/C=C\C[Si](C)(C)C)c1. The summed E-state index contributed by atoms with van der Waals surface area (Å²) in [6.07, 6.45) is 8.25. The van der Waals surface area contributed by atoms with Gasteiger partial charge in [0.05, 0.1) is 7.11 Å². The van der Waals surface area contributed by atoms with Gasteiger partial charge in [0.25, 0.3) is 0 Å². The van der Waals surface area contributed by atoms with Gasteiger partial charge in [0.1, 0.15) is 5.75 Å². The van der Waals surface area contributed by atoms with Crippen molar-refractivity contribution in [2.75, 3.05) is 7.11 Å². The van der Waals surface area contributed by atoms with Crippen molar-refractivity contribution < 1.29 is 4.74 Å². The van der Waals surface area contributed by atoms with Crippen molar-refractivity contribution in [2.24, 2.45) is 0 Å². The van der Waals surface area contributed by atoms with E-state index < -0.39 is 8.07 Å². The molecule has 1 nitrogen and oxygen atoms in total. The zero-order chi connectivity index (χ0) is 14.3. The number of halogens is 1. The number of hydrogen-bond donors (Lipinski definition) is 0. The number of unbranched alkanes of at least 4 members (excludes halogenated alkanes) is 1. The molecule has 0 amide bonds. The van der Waals surface area contributed by atoms with E-state index in [9.17, 15) is 0 Å². The Balaban J connectivity index is 2.37.